The molecular weight excluding hydrogens is 281 g/mol. The second kappa shape index (κ2) is 7.09. The van der Waals surface area contributed by atoms with E-state index >= 15 is 0 Å². The van der Waals surface area contributed by atoms with Crippen LogP contribution < -0.4 is 10.2 Å². The van der Waals surface area contributed by atoms with E-state index in [1.807, 2.05) is 4.90 Å². The minimum atomic E-state index is -0.212. The topological polar surface area (TPSA) is 35.6 Å². The average Bonchev–Trinajstić information content (AvgIpc) is 3.07. The molecule has 4 nitrogen and oxygen atoms in total. The van der Waals surface area contributed by atoms with E-state index in [9.17, 15) is 9.18 Å². The zero-order chi connectivity index (χ0) is 15.4. The maximum atomic E-state index is 13.0. The lowest BCUT2D eigenvalue weighted by Crippen LogP contribution is -2.51. The molecule has 3 rings (SSSR count). The number of hydrogen-bond donors (Lipinski definition) is 1. The van der Waals surface area contributed by atoms with Gasteiger partial charge in [0.25, 0.3) is 0 Å². The van der Waals surface area contributed by atoms with Gasteiger partial charge in [-0.1, -0.05) is 12.8 Å². The molecule has 1 amide bonds. The van der Waals surface area contributed by atoms with Gasteiger partial charge in [0.2, 0.25) is 5.91 Å². The van der Waals surface area contributed by atoms with Crippen molar-refractivity contribution in [3.8, 4) is 0 Å². The van der Waals surface area contributed by atoms with Crippen LogP contribution in [0.1, 0.15) is 25.7 Å². The molecule has 0 spiro atoms. The third-order valence-corrected chi connectivity index (χ3v) is 4.72. The highest BCUT2D eigenvalue weighted by Gasteiger charge is 2.22. The number of anilines is 1. The zero-order valence-electron chi connectivity index (χ0n) is 12.9. The second-order valence-electron chi connectivity index (χ2n) is 6.21. The van der Waals surface area contributed by atoms with Crippen molar-refractivity contribution >= 4 is 11.6 Å². The summed E-state index contributed by atoms with van der Waals surface area (Å²) in [5.74, 6) is -0.0128. The summed E-state index contributed by atoms with van der Waals surface area (Å²) in [6.07, 6.45) is 4.96. The second-order valence-corrected chi connectivity index (χ2v) is 6.21. The van der Waals surface area contributed by atoms with Crippen molar-refractivity contribution in [2.24, 2.45) is 0 Å². The van der Waals surface area contributed by atoms with Gasteiger partial charge in [-0.3, -0.25) is 4.79 Å². The van der Waals surface area contributed by atoms with Gasteiger partial charge in [-0.25, -0.2) is 4.39 Å². The number of nitrogens with zero attached hydrogens (tertiary/aromatic N) is 2. The van der Waals surface area contributed by atoms with Gasteiger partial charge in [0, 0.05) is 37.9 Å². The van der Waals surface area contributed by atoms with Crippen LogP contribution in [-0.4, -0.2) is 49.6 Å². The summed E-state index contributed by atoms with van der Waals surface area (Å²) in [4.78, 5) is 16.4. The Morgan fingerprint density at radius 2 is 1.73 bits per heavy atom. The number of nitrogens with one attached hydrogen (secondary N) is 1. The van der Waals surface area contributed by atoms with Crippen LogP contribution in [0.3, 0.4) is 0 Å². The van der Waals surface area contributed by atoms with E-state index < -0.39 is 0 Å². The fraction of sp³-hybridized carbons (Fsp3) is 0.588. The molecule has 5 heteroatoms. The van der Waals surface area contributed by atoms with E-state index in [0.717, 1.165) is 31.9 Å². The van der Waals surface area contributed by atoms with Crippen molar-refractivity contribution in [2.45, 2.75) is 31.7 Å². The SMILES string of the molecule is O=C(CNC1CCCC1)N1CCN(c2ccc(F)cc2)CC1. The summed E-state index contributed by atoms with van der Waals surface area (Å²) in [5.41, 5.74) is 1.03. The average molecular weight is 305 g/mol. The molecule has 1 aromatic rings. The van der Waals surface area contributed by atoms with E-state index in [1.165, 1.54) is 37.8 Å². The van der Waals surface area contributed by atoms with E-state index in [4.69, 9.17) is 0 Å². The Kier molecular flexibility index (Phi) is 4.93. The summed E-state index contributed by atoms with van der Waals surface area (Å²) < 4.78 is 13.0. The first-order valence-corrected chi connectivity index (χ1v) is 8.24. The highest BCUT2D eigenvalue weighted by Crippen LogP contribution is 2.18. The van der Waals surface area contributed by atoms with Crippen LogP contribution in [0.4, 0.5) is 10.1 Å². The Hall–Kier alpha value is -1.62. The van der Waals surface area contributed by atoms with Crippen LogP contribution in [0.2, 0.25) is 0 Å². The molecule has 1 aliphatic carbocycles. The highest BCUT2D eigenvalue weighted by molar-refractivity contribution is 5.78. The van der Waals surface area contributed by atoms with Crippen LogP contribution in [0.25, 0.3) is 0 Å². The summed E-state index contributed by atoms with van der Waals surface area (Å²) in [6, 6.07) is 7.10. The summed E-state index contributed by atoms with van der Waals surface area (Å²) >= 11 is 0. The van der Waals surface area contributed by atoms with Gasteiger partial charge in [-0.05, 0) is 37.1 Å². The molecule has 22 heavy (non-hydrogen) atoms. The summed E-state index contributed by atoms with van der Waals surface area (Å²) in [7, 11) is 0. The highest BCUT2D eigenvalue weighted by atomic mass is 19.1. The molecule has 1 aliphatic heterocycles. The van der Waals surface area contributed by atoms with Gasteiger partial charge < -0.3 is 15.1 Å². The molecule has 1 aromatic carbocycles. The van der Waals surface area contributed by atoms with Crippen molar-refractivity contribution in [1.82, 2.24) is 10.2 Å². The first-order chi connectivity index (χ1) is 10.7. The number of halogens is 1. The Morgan fingerprint density at radius 3 is 2.36 bits per heavy atom. The molecule has 1 N–H and O–H groups in total. The third-order valence-electron chi connectivity index (χ3n) is 4.72. The molecule has 0 unspecified atom stereocenters. The minimum Gasteiger partial charge on any atom is -0.368 e. The van der Waals surface area contributed by atoms with Gasteiger partial charge in [-0.2, -0.15) is 0 Å². The molecule has 1 heterocycles. The molecule has 1 saturated heterocycles. The van der Waals surface area contributed by atoms with Crippen molar-refractivity contribution in [1.29, 1.82) is 0 Å². The lowest BCUT2D eigenvalue weighted by atomic mass is 10.2. The van der Waals surface area contributed by atoms with Crippen LogP contribution in [-0.2, 0) is 4.79 Å². The van der Waals surface area contributed by atoms with Gasteiger partial charge in [0.15, 0.2) is 0 Å². The standard InChI is InChI=1S/C17H24FN3O/c18-14-5-7-16(8-6-14)20-9-11-21(12-10-20)17(22)13-19-15-3-1-2-4-15/h5-8,15,19H,1-4,9-13H2. The van der Waals surface area contributed by atoms with E-state index in [2.05, 4.69) is 10.2 Å². The Labute approximate surface area is 131 Å². The third kappa shape index (κ3) is 3.77. The maximum Gasteiger partial charge on any atom is 0.236 e. The zero-order valence-corrected chi connectivity index (χ0v) is 12.9. The smallest absolute Gasteiger partial charge is 0.236 e. The summed E-state index contributed by atoms with van der Waals surface area (Å²) in [5, 5.41) is 3.38. The lowest BCUT2D eigenvalue weighted by molar-refractivity contribution is -0.130. The number of rotatable bonds is 4. The molecule has 2 aliphatic rings. The lowest BCUT2D eigenvalue weighted by Gasteiger charge is -2.36. The van der Waals surface area contributed by atoms with Crippen molar-refractivity contribution in [3.63, 3.8) is 0 Å². The normalized spacial score (nSPS) is 19.7. The van der Waals surface area contributed by atoms with Gasteiger partial charge in [0.05, 0.1) is 6.54 Å². The first kappa shape index (κ1) is 15.3. The molecule has 1 saturated carbocycles. The van der Waals surface area contributed by atoms with Gasteiger partial charge >= 0.3 is 0 Å². The van der Waals surface area contributed by atoms with Crippen LogP contribution >= 0.6 is 0 Å². The van der Waals surface area contributed by atoms with E-state index in [0.29, 0.717) is 12.6 Å². The molecule has 120 valence electrons. The Morgan fingerprint density at radius 1 is 1.09 bits per heavy atom. The fourth-order valence-electron chi connectivity index (χ4n) is 3.34. The van der Waals surface area contributed by atoms with E-state index in [-0.39, 0.29) is 11.7 Å². The largest absolute Gasteiger partial charge is 0.368 e. The number of carbonyl (C=O) groups excluding carboxylic acids is 1. The number of carbonyl (C=O) groups is 1. The number of hydrogen-bond acceptors (Lipinski definition) is 3. The summed E-state index contributed by atoms with van der Waals surface area (Å²) in [6.45, 7) is 3.55. The predicted molar refractivity (Wildman–Crippen MR) is 85.5 cm³/mol. The number of benzene rings is 1. The molecule has 0 bridgehead atoms. The molecule has 0 aromatic heterocycles. The maximum absolute atomic E-state index is 13.0. The van der Waals surface area contributed by atoms with Crippen molar-refractivity contribution < 1.29 is 9.18 Å². The van der Waals surface area contributed by atoms with Crippen LogP contribution in [0, 0.1) is 5.82 Å². The van der Waals surface area contributed by atoms with Crippen LogP contribution in [0.15, 0.2) is 24.3 Å². The molecule has 2 fully saturated rings. The first-order valence-electron chi connectivity index (χ1n) is 8.24. The quantitative estimate of drug-likeness (QED) is 0.924. The Bertz CT molecular complexity index is 491. The molecule has 0 atom stereocenters. The van der Waals surface area contributed by atoms with Gasteiger partial charge in [0.1, 0.15) is 5.82 Å². The fourth-order valence-corrected chi connectivity index (χ4v) is 3.34. The van der Waals surface area contributed by atoms with Crippen molar-refractivity contribution in [2.75, 3.05) is 37.6 Å². The van der Waals surface area contributed by atoms with Crippen LogP contribution in [0.5, 0.6) is 0 Å². The monoisotopic (exact) mass is 305 g/mol. The predicted octanol–water partition coefficient (Wildman–Crippen LogP) is 2.01. The molecule has 0 radical (unpaired) electrons. The minimum absolute atomic E-state index is 0.200. The van der Waals surface area contributed by atoms with E-state index in [1.54, 1.807) is 12.1 Å². The van der Waals surface area contributed by atoms with Gasteiger partial charge in [-0.15, -0.1) is 0 Å². The number of piperazine rings is 1. The van der Waals surface area contributed by atoms with Crippen molar-refractivity contribution in [3.05, 3.63) is 30.1 Å². The Balaban J connectivity index is 1.44. The molecular formula is C17H24FN3O. The number of amides is 1.